The molecular weight excluding hydrogens is 584 g/mol. The highest BCUT2D eigenvalue weighted by atomic mass is 35.5. The van der Waals surface area contributed by atoms with Crippen molar-refractivity contribution in [1.82, 2.24) is 15.2 Å². The summed E-state index contributed by atoms with van der Waals surface area (Å²) < 4.78 is 12.1. The van der Waals surface area contributed by atoms with Crippen LogP contribution in [0.1, 0.15) is 36.6 Å². The molecule has 1 amide bonds. The zero-order valence-corrected chi connectivity index (χ0v) is 24.5. The molecule has 0 bridgehead atoms. The molecule has 0 saturated carbocycles. The topological polar surface area (TPSA) is 115 Å². The molecule has 1 atom stereocenters. The third kappa shape index (κ3) is 6.07. The highest BCUT2D eigenvalue weighted by Crippen LogP contribution is 2.45. The number of aromatic nitrogens is 3. The van der Waals surface area contributed by atoms with Crippen molar-refractivity contribution in [3.05, 3.63) is 94.3 Å². The monoisotopic (exact) mass is 608 g/mol. The van der Waals surface area contributed by atoms with Crippen molar-refractivity contribution < 1.29 is 24.2 Å². The minimum atomic E-state index is -0.986. The minimum Gasteiger partial charge on any atom is -0.507 e. The fourth-order valence-corrected chi connectivity index (χ4v) is 6.28. The maximum absolute atomic E-state index is 13.5. The van der Waals surface area contributed by atoms with E-state index in [4.69, 9.17) is 21.1 Å². The maximum atomic E-state index is 13.5. The first-order chi connectivity index (χ1) is 19.9. The first-order valence-corrected chi connectivity index (χ1v) is 14.9. The number of anilines is 1. The largest absolute Gasteiger partial charge is 0.507 e. The molecule has 3 heterocycles. The van der Waals surface area contributed by atoms with Crippen LogP contribution in [-0.4, -0.2) is 45.2 Å². The molecule has 210 valence electrons. The molecule has 5 rings (SSSR count). The lowest BCUT2D eigenvalue weighted by atomic mass is 9.95. The van der Waals surface area contributed by atoms with Crippen molar-refractivity contribution in [2.24, 2.45) is 0 Å². The summed E-state index contributed by atoms with van der Waals surface area (Å²) in [5.41, 5.74) is 1.87. The SMILES string of the molecule is CCOc1ccc(C2C(=C(O)c3ccncc3)C(=O)C(=O)N2c2nnc(SCc3ccc(Cl)cc3)s2)cc1OCC. The summed E-state index contributed by atoms with van der Waals surface area (Å²) in [7, 11) is 0. The number of pyridine rings is 1. The second-order valence-electron chi connectivity index (χ2n) is 8.74. The fraction of sp³-hybridized carbons (Fsp3) is 0.207. The van der Waals surface area contributed by atoms with Crippen LogP contribution in [-0.2, 0) is 15.3 Å². The summed E-state index contributed by atoms with van der Waals surface area (Å²) in [4.78, 5) is 32.3. The van der Waals surface area contributed by atoms with Gasteiger partial charge in [0.1, 0.15) is 5.76 Å². The molecule has 2 aromatic carbocycles. The number of rotatable bonds is 10. The lowest BCUT2D eigenvalue weighted by Gasteiger charge is -2.23. The summed E-state index contributed by atoms with van der Waals surface area (Å²) in [6.45, 7) is 4.53. The molecule has 1 N–H and O–H groups in total. The molecule has 1 aliphatic heterocycles. The van der Waals surface area contributed by atoms with Crippen molar-refractivity contribution >= 4 is 57.3 Å². The van der Waals surface area contributed by atoms with Crippen LogP contribution in [0.25, 0.3) is 5.76 Å². The molecule has 2 aromatic heterocycles. The zero-order valence-electron chi connectivity index (χ0n) is 22.1. The number of ketones is 1. The van der Waals surface area contributed by atoms with E-state index in [1.54, 1.807) is 30.3 Å². The van der Waals surface area contributed by atoms with Gasteiger partial charge < -0.3 is 14.6 Å². The molecule has 1 fully saturated rings. The van der Waals surface area contributed by atoms with Gasteiger partial charge in [0.05, 0.1) is 24.8 Å². The number of carbonyl (C=O) groups is 2. The van der Waals surface area contributed by atoms with Crippen molar-refractivity contribution in [3.63, 3.8) is 0 Å². The average molecular weight is 609 g/mol. The number of aliphatic hydroxyl groups excluding tert-OH is 1. The minimum absolute atomic E-state index is 0.0709. The summed E-state index contributed by atoms with van der Waals surface area (Å²) in [6.07, 6.45) is 3.00. The van der Waals surface area contributed by atoms with Crippen LogP contribution in [0, 0.1) is 0 Å². The van der Waals surface area contributed by atoms with E-state index < -0.39 is 17.7 Å². The Labute approximate surface area is 249 Å². The van der Waals surface area contributed by atoms with Crippen LogP contribution < -0.4 is 14.4 Å². The predicted molar refractivity (Wildman–Crippen MR) is 159 cm³/mol. The van der Waals surface area contributed by atoms with Crippen LogP contribution in [0.5, 0.6) is 11.5 Å². The lowest BCUT2D eigenvalue weighted by Crippen LogP contribution is -2.29. The van der Waals surface area contributed by atoms with Crippen LogP contribution in [0.4, 0.5) is 5.13 Å². The van der Waals surface area contributed by atoms with E-state index in [1.807, 2.05) is 38.1 Å². The van der Waals surface area contributed by atoms with E-state index >= 15 is 0 Å². The average Bonchev–Trinajstić information content (AvgIpc) is 3.56. The number of amides is 1. The highest BCUT2D eigenvalue weighted by Gasteiger charge is 2.48. The maximum Gasteiger partial charge on any atom is 0.301 e. The van der Waals surface area contributed by atoms with Gasteiger partial charge in [0, 0.05) is 28.7 Å². The van der Waals surface area contributed by atoms with Gasteiger partial charge in [-0.3, -0.25) is 19.5 Å². The number of halogens is 1. The normalized spacial score (nSPS) is 16.3. The van der Waals surface area contributed by atoms with Crippen molar-refractivity contribution in [2.75, 3.05) is 18.1 Å². The highest BCUT2D eigenvalue weighted by molar-refractivity contribution is 8.00. The zero-order chi connectivity index (χ0) is 28.9. The molecular formula is C29H25ClN4O5S2. The van der Waals surface area contributed by atoms with E-state index in [-0.39, 0.29) is 16.5 Å². The summed E-state index contributed by atoms with van der Waals surface area (Å²) in [5, 5.41) is 20.7. The van der Waals surface area contributed by atoms with Gasteiger partial charge in [0.25, 0.3) is 5.78 Å². The van der Waals surface area contributed by atoms with E-state index in [9.17, 15) is 14.7 Å². The number of Topliss-reactive ketones (excluding diaryl/α,β-unsaturated/α-hetero) is 1. The lowest BCUT2D eigenvalue weighted by molar-refractivity contribution is -0.132. The molecule has 4 aromatic rings. The number of nitrogens with zero attached hydrogens (tertiary/aromatic N) is 4. The van der Waals surface area contributed by atoms with E-state index in [0.29, 0.717) is 51.0 Å². The number of hydrogen-bond donors (Lipinski definition) is 1. The molecule has 41 heavy (non-hydrogen) atoms. The number of aliphatic hydroxyl groups is 1. The third-order valence-corrected chi connectivity index (χ3v) is 8.54. The number of hydrogen-bond acceptors (Lipinski definition) is 10. The van der Waals surface area contributed by atoms with Gasteiger partial charge in [-0.05, 0) is 61.4 Å². The van der Waals surface area contributed by atoms with E-state index in [1.165, 1.54) is 40.4 Å². The summed E-state index contributed by atoms with van der Waals surface area (Å²) in [6, 6.07) is 14.8. The van der Waals surface area contributed by atoms with Crippen molar-refractivity contribution in [1.29, 1.82) is 0 Å². The molecule has 0 spiro atoms. The number of ether oxygens (including phenoxy) is 2. The Kier molecular flexibility index (Phi) is 8.87. The molecule has 0 aliphatic carbocycles. The smallest absolute Gasteiger partial charge is 0.301 e. The molecule has 1 aliphatic rings. The van der Waals surface area contributed by atoms with Gasteiger partial charge in [0.2, 0.25) is 5.13 Å². The molecule has 9 nitrogen and oxygen atoms in total. The van der Waals surface area contributed by atoms with Gasteiger partial charge in [-0.25, -0.2) is 0 Å². The Balaban J connectivity index is 1.57. The third-order valence-electron chi connectivity index (χ3n) is 6.16. The summed E-state index contributed by atoms with van der Waals surface area (Å²) >= 11 is 8.63. The Morgan fingerprint density at radius 1 is 1.00 bits per heavy atom. The Hall–Kier alpha value is -3.93. The standard InChI is InChI=1S/C29H25ClN4O5S2/c1-3-38-21-10-7-19(15-22(21)39-4-2)24-23(25(35)18-11-13-31-14-12-18)26(36)27(37)34(24)28-32-33-29(41-28)40-16-17-5-8-20(30)9-6-17/h5-15,24,35H,3-4,16H2,1-2H3. The van der Waals surface area contributed by atoms with Crippen molar-refractivity contribution in [3.8, 4) is 11.5 Å². The fourth-order valence-electron chi connectivity index (χ4n) is 4.33. The number of carbonyl (C=O) groups excluding carboxylic acids is 2. The van der Waals surface area contributed by atoms with E-state index in [0.717, 1.165) is 5.56 Å². The second-order valence-corrected chi connectivity index (χ2v) is 11.4. The molecule has 12 heteroatoms. The number of thioether (sulfide) groups is 1. The van der Waals surface area contributed by atoms with Gasteiger partial charge >= 0.3 is 5.91 Å². The van der Waals surface area contributed by atoms with Gasteiger partial charge in [-0.15, -0.1) is 10.2 Å². The van der Waals surface area contributed by atoms with Gasteiger partial charge in [-0.2, -0.15) is 0 Å². The second kappa shape index (κ2) is 12.7. The Morgan fingerprint density at radius 3 is 2.41 bits per heavy atom. The van der Waals surface area contributed by atoms with Crippen LogP contribution in [0.2, 0.25) is 5.02 Å². The van der Waals surface area contributed by atoms with Crippen LogP contribution in [0.15, 0.2) is 76.9 Å². The van der Waals surface area contributed by atoms with Crippen LogP contribution >= 0.6 is 34.7 Å². The Bertz CT molecular complexity index is 1590. The van der Waals surface area contributed by atoms with Crippen molar-refractivity contribution in [2.45, 2.75) is 30.0 Å². The first-order valence-electron chi connectivity index (χ1n) is 12.7. The van der Waals surface area contributed by atoms with Crippen LogP contribution in [0.3, 0.4) is 0 Å². The predicted octanol–water partition coefficient (Wildman–Crippen LogP) is 6.30. The van der Waals surface area contributed by atoms with E-state index in [2.05, 4.69) is 15.2 Å². The first kappa shape index (κ1) is 28.6. The Morgan fingerprint density at radius 2 is 1.71 bits per heavy atom. The molecule has 0 radical (unpaired) electrons. The van der Waals surface area contributed by atoms with Gasteiger partial charge in [-0.1, -0.05) is 52.9 Å². The quantitative estimate of drug-likeness (QED) is 0.0728. The van der Waals surface area contributed by atoms with Gasteiger partial charge in [0.15, 0.2) is 15.8 Å². The molecule has 1 saturated heterocycles. The number of benzene rings is 2. The molecule has 1 unspecified atom stereocenters. The summed E-state index contributed by atoms with van der Waals surface area (Å²) in [5.74, 6) is -0.359.